The second kappa shape index (κ2) is 11.3. The lowest BCUT2D eigenvalue weighted by molar-refractivity contribution is -0.664. The molecule has 0 radical (unpaired) electrons. The molecule has 8 heteroatoms. The number of halogens is 2. The van der Waals surface area contributed by atoms with Crippen LogP contribution in [0.2, 0.25) is 0 Å². The van der Waals surface area contributed by atoms with Gasteiger partial charge in [-0.25, -0.2) is 14.2 Å². The Balaban J connectivity index is 1.50. The van der Waals surface area contributed by atoms with E-state index in [-0.39, 0.29) is 24.2 Å². The molecule has 0 atom stereocenters. The molecular formula is C28H26FIN3O3+. The molecule has 2 aromatic heterocycles. The highest BCUT2D eigenvalue weighted by Crippen LogP contribution is 2.32. The lowest BCUT2D eigenvalue weighted by Crippen LogP contribution is -2.86. The smallest absolute Gasteiger partial charge is 0.361 e. The first-order valence-electron chi connectivity index (χ1n) is 12.0. The minimum atomic E-state index is -0.484. The molecule has 5 rings (SSSR count). The predicted molar refractivity (Wildman–Crippen MR) is 142 cm³/mol. The number of nitrogens with zero attached hydrogens (tertiary/aromatic N) is 2. The zero-order valence-corrected chi connectivity index (χ0v) is 21.8. The Kier molecular flexibility index (Phi) is 7.72. The highest BCUT2D eigenvalue weighted by Gasteiger charge is 2.27. The van der Waals surface area contributed by atoms with Crippen molar-refractivity contribution in [3.05, 3.63) is 98.8 Å². The zero-order valence-electron chi connectivity index (χ0n) is 19.6. The number of pyridine rings is 2. The van der Waals surface area contributed by atoms with E-state index in [0.29, 0.717) is 21.4 Å². The normalized spacial score (nSPS) is 14.1. The Morgan fingerprint density at radius 1 is 1.03 bits per heavy atom. The van der Waals surface area contributed by atoms with Crippen LogP contribution >= 0.6 is 22.6 Å². The van der Waals surface area contributed by atoms with Crippen molar-refractivity contribution in [3.8, 4) is 5.75 Å². The first-order chi connectivity index (χ1) is 17.6. The number of hydrogen-bond donors (Lipinski definition) is 1. The molecule has 1 fully saturated rings. The summed E-state index contributed by atoms with van der Waals surface area (Å²) in [5.74, 6) is -0.419. The topological polar surface area (TPSA) is 77.9 Å². The second-order valence-electron chi connectivity index (χ2n) is 8.87. The van der Waals surface area contributed by atoms with Crippen LogP contribution in [0.5, 0.6) is 5.75 Å². The number of hydrogen-bond acceptors (Lipinski definition) is 5. The van der Waals surface area contributed by atoms with Crippen molar-refractivity contribution < 1.29 is 24.0 Å². The van der Waals surface area contributed by atoms with Gasteiger partial charge >= 0.3 is 5.97 Å². The molecule has 0 amide bonds. The Labute approximate surface area is 222 Å². The Morgan fingerprint density at radius 2 is 1.78 bits per heavy atom. The summed E-state index contributed by atoms with van der Waals surface area (Å²) in [4.78, 5) is 22.6. The average molecular weight is 598 g/mol. The van der Waals surface area contributed by atoms with Crippen LogP contribution in [0.1, 0.15) is 40.0 Å². The molecule has 184 valence electrons. The fourth-order valence-corrected chi connectivity index (χ4v) is 4.98. The van der Waals surface area contributed by atoms with Crippen LogP contribution in [0.15, 0.2) is 66.9 Å². The molecule has 2 N–H and O–H groups in total. The molecule has 1 aliphatic rings. The van der Waals surface area contributed by atoms with Gasteiger partial charge in [0.15, 0.2) is 11.4 Å². The fourth-order valence-electron chi connectivity index (χ4n) is 4.33. The van der Waals surface area contributed by atoms with E-state index in [0.717, 1.165) is 48.0 Å². The van der Waals surface area contributed by atoms with Crippen molar-refractivity contribution >= 4 is 39.5 Å². The number of aromatic nitrogens is 2. The van der Waals surface area contributed by atoms with E-state index in [9.17, 15) is 9.18 Å². The SMILES string of the molecule is O=C(OC1CC[NH2+]CC1)c1nc(I)c2cc(Cc3ccc(F)cc3)cnc2c1OCc1ccccc1. The summed E-state index contributed by atoms with van der Waals surface area (Å²) in [5.41, 5.74) is 3.62. The van der Waals surface area contributed by atoms with Crippen LogP contribution in [0.25, 0.3) is 10.9 Å². The van der Waals surface area contributed by atoms with Gasteiger partial charge in [0, 0.05) is 24.4 Å². The molecule has 0 saturated carbocycles. The van der Waals surface area contributed by atoms with Gasteiger partial charge in [-0.05, 0) is 63.9 Å². The third kappa shape index (κ3) is 5.82. The fraction of sp³-hybridized carbons (Fsp3) is 0.250. The van der Waals surface area contributed by atoms with E-state index in [1.54, 1.807) is 18.3 Å². The highest BCUT2D eigenvalue weighted by molar-refractivity contribution is 14.1. The average Bonchev–Trinajstić information content (AvgIpc) is 2.90. The van der Waals surface area contributed by atoms with Crippen LogP contribution < -0.4 is 10.1 Å². The van der Waals surface area contributed by atoms with Crippen LogP contribution in [0.3, 0.4) is 0 Å². The van der Waals surface area contributed by atoms with Crippen LogP contribution in [-0.4, -0.2) is 35.1 Å². The third-order valence-electron chi connectivity index (χ3n) is 6.21. The summed E-state index contributed by atoms with van der Waals surface area (Å²) in [6.45, 7) is 2.16. The maximum Gasteiger partial charge on any atom is 0.361 e. The van der Waals surface area contributed by atoms with Crippen molar-refractivity contribution in [1.29, 1.82) is 0 Å². The van der Waals surface area contributed by atoms with E-state index in [4.69, 9.17) is 14.5 Å². The van der Waals surface area contributed by atoms with Crippen molar-refractivity contribution in [3.63, 3.8) is 0 Å². The number of quaternary nitrogens is 1. The van der Waals surface area contributed by atoms with E-state index in [2.05, 4.69) is 32.9 Å². The molecule has 3 heterocycles. The molecule has 4 aromatic rings. The highest BCUT2D eigenvalue weighted by atomic mass is 127. The van der Waals surface area contributed by atoms with E-state index in [1.807, 2.05) is 36.4 Å². The largest absolute Gasteiger partial charge is 0.484 e. The molecule has 2 aromatic carbocycles. The van der Waals surface area contributed by atoms with Gasteiger partial charge in [0.1, 0.15) is 27.7 Å². The molecule has 0 unspecified atom stereocenters. The van der Waals surface area contributed by atoms with Crippen LogP contribution in [0.4, 0.5) is 4.39 Å². The molecule has 6 nitrogen and oxygen atoms in total. The number of rotatable bonds is 7. The molecule has 1 aliphatic heterocycles. The van der Waals surface area contributed by atoms with E-state index >= 15 is 0 Å². The maximum atomic E-state index is 13.3. The Hall–Kier alpha value is -3.11. The summed E-state index contributed by atoms with van der Waals surface area (Å²) in [5, 5.41) is 3.02. The lowest BCUT2D eigenvalue weighted by atomic mass is 10.0. The summed E-state index contributed by atoms with van der Waals surface area (Å²) in [6, 6.07) is 18.2. The summed E-state index contributed by atoms with van der Waals surface area (Å²) < 4.78 is 26.0. The number of nitrogens with two attached hydrogens (primary N) is 1. The molecule has 36 heavy (non-hydrogen) atoms. The lowest BCUT2D eigenvalue weighted by Gasteiger charge is -2.21. The number of piperidine rings is 1. The first kappa shape index (κ1) is 24.6. The third-order valence-corrected chi connectivity index (χ3v) is 7.03. The predicted octanol–water partition coefficient (Wildman–Crippen LogP) is 4.43. The number of carbonyl (C=O) groups excluding carboxylic acids is 1. The molecular weight excluding hydrogens is 572 g/mol. The van der Waals surface area contributed by atoms with Gasteiger partial charge in [-0.3, -0.25) is 4.98 Å². The van der Waals surface area contributed by atoms with Crippen molar-refractivity contribution in [2.24, 2.45) is 0 Å². The number of benzene rings is 2. The van der Waals surface area contributed by atoms with Crippen molar-refractivity contribution in [1.82, 2.24) is 9.97 Å². The Morgan fingerprint density at radius 3 is 2.53 bits per heavy atom. The minimum absolute atomic E-state index is 0.120. The number of ether oxygens (including phenoxy) is 2. The molecule has 0 aliphatic carbocycles. The monoisotopic (exact) mass is 598 g/mol. The van der Waals surface area contributed by atoms with E-state index < -0.39 is 5.97 Å². The first-order valence-corrected chi connectivity index (χ1v) is 13.1. The van der Waals surface area contributed by atoms with Gasteiger partial charge in [0.2, 0.25) is 0 Å². The quantitative estimate of drug-likeness (QED) is 0.194. The summed E-state index contributed by atoms with van der Waals surface area (Å²) >= 11 is 2.13. The van der Waals surface area contributed by atoms with Crippen LogP contribution in [-0.2, 0) is 17.8 Å². The van der Waals surface area contributed by atoms with Gasteiger partial charge in [-0.15, -0.1) is 0 Å². The van der Waals surface area contributed by atoms with Crippen molar-refractivity contribution in [2.45, 2.75) is 32.0 Å². The number of fused-ring (bicyclic) bond motifs is 1. The van der Waals surface area contributed by atoms with Crippen LogP contribution in [0, 0.1) is 9.52 Å². The minimum Gasteiger partial charge on any atom is -0.484 e. The van der Waals surface area contributed by atoms with Crippen molar-refractivity contribution in [2.75, 3.05) is 13.1 Å². The summed E-state index contributed by atoms with van der Waals surface area (Å²) in [6.07, 6.45) is 3.89. The molecule has 1 saturated heterocycles. The number of carbonyl (C=O) groups is 1. The van der Waals surface area contributed by atoms with Gasteiger partial charge in [-0.2, -0.15) is 0 Å². The maximum absolute atomic E-state index is 13.3. The number of esters is 1. The van der Waals surface area contributed by atoms with Gasteiger partial charge in [0.05, 0.1) is 13.1 Å². The van der Waals surface area contributed by atoms with Gasteiger partial charge in [-0.1, -0.05) is 42.5 Å². The molecule has 0 bridgehead atoms. The summed E-state index contributed by atoms with van der Waals surface area (Å²) in [7, 11) is 0. The molecule has 0 spiro atoms. The van der Waals surface area contributed by atoms with Gasteiger partial charge < -0.3 is 14.8 Å². The zero-order chi connectivity index (χ0) is 24.9. The van der Waals surface area contributed by atoms with E-state index in [1.165, 1.54) is 12.1 Å². The van der Waals surface area contributed by atoms with Gasteiger partial charge in [0.25, 0.3) is 0 Å². The second-order valence-corrected chi connectivity index (χ2v) is 9.89. The standard InChI is InChI=1S/C28H25FIN3O3/c29-21-8-6-18(7-9-21)14-20-15-23-24(32-16-20)26(35-17-19-4-2-1-3-5-19)25(33-27(23)30)28(34)36-22-10-12-31-13-11-22/h1-9,15-16,22,31H,10-14,17H2/p+1. The Bertz CT molecular complexity index is 1360.